The summed E-state index contributed by atoms with van der Waals surface area (Å²) < 4.78 is 13.7. The molecule has 0 radical (unpaired) electrons. The summed E-state index contributed by atoms with van der Waals surface area (Å²) in [5.74, 6) is -0.545. The van der Waals surface area contributed by atoms with E-state index in [-0.39, 0.29) is 36.8 Å². The molecule has 0 unspecified atom stereocenters. The Morgan fingerprint density at radius 1 is 1.15 bits per heavy atom. The van der Waals surface area contributed by atoms with Crippen molar-refractivity contribution >= 4 is 11.8 Å². The Morgan fingerprint density at radius 2 is 1.88 bits per heavy atom. The standard InChI is InChI=1S/C20H22FN3O2/c21-17-9-5-4-8-16(17)13-23-20(26)14-24-11-10-22-19(25)12-18(24)15-6-2-1-3-7-15/h1-9,18H,10-14H2,(H,22,25)(H,23,26)/t18-/m0/s1. The summed E-state index contributed by atoms with van der Waals surface area (Å²) in [7, 11) is 0. The van der Waals surface area contributed by atoms with Crippen LogP contribution < -0.4 is 10.6 Å². The van der Waals surface area contributed by atoms with Gasteiger partial charge in [0.25, 0.3) is 0 Å². The van der Waals surface area contributed by atoms with Crippen molar-refractivity contribution in [2.45, 2.75) is 19.0 Å². The van der Waals surface area contributed by atoms with E-state index in [4.69, 9.17) is 0 Å². The Bertz CT molecular complexity index is 767. The van der Waals surface area contributed by atoms with Crippen molar-refractivity contribution in [1.82, 2.24) is 15.5 Å². The number of hydrogen-bond acceptors (Lipinski definition) is 3. The molecule has 6 heteroatoms. The predicted octanol–water partition coefficient (Wildman–Crippen LogP) is 2.01. The van der Waals surface area contributed by atoms with Gasteiger partial charge in [0.15, 0.2) is 0 Å². The number of halogens is 1. The molecule has 2 amide bonds. The number of carbonyl (C=O) groups excluding carboxylic acids is 2. The highest BCUT2D eigenvalue weighted by Gasteiger charge is 2.27. The number of carbonyl (C=O) groups is 2. The Balaban J connectivity index is 1.66. The minimum atomic E-state index is -0.334. The SMILES string of the molecule is O=C1C[C@@H](c2ccccc2)N(CC(=O)NCc2ccccc2F)CCN1. The molecular formula is C20H22FN3O2. The van der Waals surface area contributed by atoms with Gasteiger partial charge in [0.05, 0.1) is 6.54 Å². The maximum absolute atomic E-state index is 13.7. The van der Waals surface area contributed by atoms with E-state index >= 15 is 0 Å². The minimum absolute atomic E-state index is 0.0203. The lowest BCUT2D eigenvalue weighted by molar-refractivity contribution is -0.124. The van der Waals surface area contributed by atoms with Crippen molar-refractivity contribution in [1.29, 1.82) is 0 Å². The third-order valence-electron chi connectivity index (χ3n) is 4.51. The first-order valence-electron chi connectivity index (χ1n) is 8.69. The highest BCUT2D eigenvalue weighted by atomic mass is 19.1. The first-order chi connectivity index (χ1) is 12.6. The second-order valence-corrected chi connectivity index (χ2v) is 6.32. The number of nitrogens with zero attached hydrogens (tertiary/aromatic N) is 1. The van der Waals surface area contributed by atoms with Crippen LogP contribution in [0, 0.1) is 5.82 Å². The van der Waals surface area contributed by atoms with Crippen LogP contribution in [0.25, 0.3) is 0 Å². The zero-order valence-electron chi connectivity index (χ0n) is 14.5. The molecule has 5 nitrogen and oxygen atoms in total. The molecule has 0 bridgehead atoms. The fourth-order valence-corrected chi connectivity index (χ4v) is 3.14. The van der Waals surface area contributed by atoms with Crippen LogP contribution in [0.5, 0.6) is 0 Å². The van der Waals surface area contributed by atoms with Gasteiger partial charge in [-0.05, 0) is 11.6 Å². The van der Waals surface area contributed by atoms with E-state index < -0.39 is 0 Å². The van der Waals surface area contributed by atoms with Crippen LogP contribution >= 0.6 is 0 Å². The molecule has 26 heavy (non-hydrogen) atoms. The van der Waals surface area contributed by atoms with E-state index in [1.54, 1.807) is 18.2 Å². The Hall–Kier alpha value is -2.73. The highest BCUT2D eigenvalue weighted by molar-refractivity contribution is 5.79. The molecule has 1 aliphatic heterocycles. The van der Waals surface area contributed by atoms with Gasteiger partial charge in [-0.3, -0.25) is 14.5 Å². The molecule has 0 aliphatic carbocycles. The lowest BCUT2D eigenvalue weighted by Gasteiger charge is -2.28. The van der Waals surface area contributed by atoms with Gasteiger partial charge in [-0.15, -0.1) is 0 Å². The number of hydrogen-bond donors (Lipinski definition) is 2. The van der Waals surface area contributed by atoms with Gasteiger partial charge in [-0.25, -0.2) is 4.39 Å². The predicted molar refractivity (Wildman–Crippen MR) is 96.6 cm³/mol. The maximum atomic E-state index is 13.7. The van der Waals surface area contributed by atoms with Gasteiger partial charge in [-0.2, -0.15) is 0 Å². The molecule has 1 atom stereocenters. The van der Waals surface area contributed by atoms with Crippen LogP contribution in [0.3, 0.4) is 0 Å². The summed E-state index contributed by atoms with van der Waals surface area (Å²) >= 11 is 0. The number of nitrogens with one attached hydrogen (secondary N) is 2. The normalized spacial score (nSPS) is 18.0. The van der Waals surface area contributed by atoms with Gasteiger partial charge in [0.1, 0.15) is 5.82 Å². The van der Waals surface area contributed by atoms with Crippen molar-refractivity contribution in [3.63, 3.8) is 0 Å². The second kappa shape index (κ2) is 8.58. The number of benzene rings is 2. The minimum Gasteiger partial charge on any atom is -0.355 e. The first-order valence-corrected chi connectivity index (χ1v) is 8.69. The van der Waals surface area contributed by atoms with Crippen LogP contribution in [0.1, 0.15) is 23.6 Å². The fourth-order valence-electron chi connectivity index (χ4n) is 3.14. The zero-order valence-corrected chi connectivity index (χ0v) is 14.5. The molecule has 0 aromatic heterocycles. The second-order valence-electron chi connectivity index (χ2n) is 6.32. The molecule has 2 N–H and O–H groups in total. The van der Waals surface area contributed by atoms with Gasteiger partial charge >= 0.3 is 0 Å². The fraction of sp³-hybridized carbons (Fsp3) is 0.300. The lowest BCUT2D eigenvalue weighted by atomic mass is 10.0. The average molecular weight is 355 g/mol. The summed E-state index contributed by atoms with van der Waals surface area (Å²) in [6.07, 6.45) is 0.310. The Morgan fingerprint density at radius 3 is 2.65 bits per heavy atom. The third-order valence-corrected chi connectivity index (χ3v) is 4.51. The van der Waals surface area contributed by atoms with Crippen molar-refractivity contribution in [3.8, 4) is 0 Å². The molecule has 2 aromatic carbocycles. The molecule has 1 heterocycles. The average Bonchev–Trinajstić information content (AvgIpc) is 2.83. The van der Waals surface area contributed by atoms with Crippen molar-refractivity contribution in [3.05, 3.63) is 71.5 Å². The summed E-state index contributed by atoms with van der Waals surface area (Å²) in [5, 5.41) is 5.62. The van der Waals surface area contributed by atoms with E-state index in [9.17, 15) is 14.0 Å². The van der Waals surface area contributed by atoms with Crippen LogP contribution in [0.15, 0.2) is 54.6 Å². The summed E-state index contributed by atoms with van der Waals surface area (Å²) in [6.45, 7) is 1.39. The first kappa shape index (κ1) is 18.1. The molecule has 1 aliphatic rings. The quantitative estimate of drug-likeness (QED) is 0.862. The molecule has 2 aromatic rings. The van der Waals surface area contributed by atoms with Gasteiger partial charge in [0, 0.05) is 37.7 Å². The summed E-state index contributed by atoms with van der Waals surface area (Å²) in [6, 6.07) is 15.9. The van der Waals surface area contributed by atoms with Gasteiger partial charge in [-0.1, -0.05) is 48.5 Å². The molecular weight excluding hydrogens is 333 g/mol. The van der Waals surface area contributed by atoms with Gasteiger partial charge in [0.2, 0.25) is 11.8 Å². The Labute approximate surface area is 152 Å². The topological polar surface area (TPSA) is 61.4 Å². The van der Waals surface area contributed by atoms with E-state index in [0.717, 1.165) is 5.56 Å². The van der Waals surface area contributed by atoms with Crippen LogP contribution in [-0.2, 0) is 16.1 Å². The Kier molecular flexibility index (Phi) is 5.96. The molecule has 1 fully saturated rings. The van der Waals surface area contributed by atoms with Crippen LogP contribution in [0.4, 0.5) is 4.39 Å². The molecule has 3 rings (SSSR count). The zero-order chi connectivity index (χ0) is 18.4. The monoisotopic (exact) mass is 355 g/mol. The van der Waals surface area contributed by atoms with Crippen molar-refractivity contribution in [2.24, 2.45) is 0 Å². The largest absolute Gasteiger partial charge is 0.355 e. The number of amides is 2. The number of rotatable bonds is 5. The van der Waals surface area contributed by atoms with E-state index in [2.05, 4.69) is 10.6 Å². The lowest BCUT2D eigenvalue weighted by Crippen LogP contribution is -2.40. The van der Waals surface area contributed by atoms with Crippen molar-refractivity contribution < 1.29 is 14.0 Å². The summed E-state index contributed by atoms with van der Waals surface area (Å²) in [5.41, 5.74) is 1.46. The highest BCUT2D eigenvalue weighted by Crippen LogP contribution is 2.25. The van der Waals surface area contributed by atoms with Gasteiger partial charge < -0.3 is 10.6 Å². The van der Waals surface area contributed by atoms with E-state index in [1.165, 1.54) is 6.07 Å². The molecule has 0 spiro atoms. The molecule has 0 saturated carbocycles. The van der Waals surface area contributed by atoms with E-state index in [0.29, 0.717) is 25.1 Å². The summed E-state index contributed by atoms with van der Waals surface area (Å²) in [4.78, 5) is 26.3. The molecule has 136 valence electrons. The van der Waals surface area contributed by atoms with Crippen LogP contribution in [0.2, 0.25) is 0 Å². The van der Waals surface area contributed by atoms with E-state index in [1.807, 2.05) is 35.2 Å². The maximum Gasteiger partial charge on any atom is 0.234 e. The smallest absolute Gasteiger partial charge is 0.234 e. The van der Waals surface area contributed by atoms with Crippen LogP contribution in [-0.4, -0.2) is 36.3 Å². The van der Waals surface area contributed by atoms with Crippen molar-refractivity contribution in [2.75, 3.05) is 19.6 Å². The molecule has 1 saturated heterocycles. The third kappa shape index (κ3) is 4.67.